The maximum Gasteiger partial charge on any atom is 0.215 e. The Bertz CT molecular complexity index is 952. The van der Waals surface area contributed by atoms with Crippen LogP contribution in [0.25, 0.3) is 0 Å². The zero-order chi connectivity index (χ0) is 21.9. The highest BCUT2D eigenvalue weighted by molar-refractivity contribution is 7.88. The van der Waals surface area contributed by atoms with Crippen LogP contribution in [0.1, 0.15) is 34.6 Å². The van der Waals surface area contributed by atoms with Crippen molar-refractivity contribution in [1.82, 2.24) is 9.62 Å². The summed E-state index contributed by atoms with van der Waals surface area (Å²) in [5, 5.41) is 4.10. The number of aldehydes is 1. The van der Waals surface area contributed by atoms with E-state index < -0.39 is 10.0 Å². The van der Waals surface area contributed by atoms with E-state index in [0.717, 1.165) is 31.4 Å². The molecule has 3 aromatic rings. The van der Waals surface area contributed by atoms with Crippen LogP contribution in [-0.4, -0.2) is 32.2 Å². The number of nitrogens with zero attached hydrogens (tertiary/aromatic N) is 1. The van der Waals surface area contributed by atoms with Gasteiger partial charge < -0.3 is 4.79 Å². The average Bonchev–Trinajstić information content (AvgIpc) is 3.45. The fraction of sp³-hybridized carbons (Fsp3) is 0.348. The van der Waals surface area contributed by atoms with Crippen molar-refractivity contribution in [3.63, 3.8) is 0 Å². The smallest absolute Gasteiger partial charge is 0.215 e. The van der Waals surface area contributed by atoms with E-state index in [4.69, 9.17) is 0 Å². The van der Waals surface area contributed by atoms with Crippen molar-refractivity contribution in [1.29, 1.82) is 0 Å². The van der Waals surface area contributed by atoms with Gasteiger partial charge in [0, 0.05) is 29.4 Å². The monoisotopic (exact) mass is 476 g/mol. The lowest BCUT2D eigenvalue weighted by Crippen LogP contribution is -2.35. The van der Waals surface area contributed by atoms with Gasteiger partial charge in [-0.1, -0.05) is 48.9 Å². The Morgan fingerprint density at radius 3 is 2.10 bits per heavy atom. The van der Waals surface area contributed by atoms with Gasteiger partial charge in [0.05, 0.1) is 11.8 Å². The first kappa shape index (κ1) is 23.8. The number of carbonyl (C=O) groups excluding carboxylic acids is 1. The van der Waals surface area contributed by atoms with E-state index in [1.54, 1.807) is 22.7 Å². The Labute approximate surface area is 192 Å². The zero-order valence-corrected chi connectivity index (χ0v) is 19.8. The molecule has 0 saturated carbocycles. The van der Waals surface area contributed by atoms with E-state index in [2.05, 4.69) is 32.5 Å². The number of benzene rings is 1. The van der Waals surface area contributed by atoms with Crippen molar-refractivity contribution >= 4 is 39.0 Å². The van der Waals surface area contributed by atoms with Crippen molar-refractivity contribution in [3.8, 4) is 0 Å². The molecule has 0 spiro atoms. The van der Waals surface area contributed by atoms with Gasteiger partial charge in [-0.25, -0.2) is 13.1 Å². The number of nitrogens with one attached hydrogen (secondary N) is 1. The van der Waals surface area contributed by atoms with Crippen molar-refractivity contribution < 1.29 is 13.2 Å². The Morgan fingerprint density at radius 2 is 1.55 bits per heavy atom. The fourth-order valence-corrected chi connectivity index (χ4v) is 6.03. The van der Waals surface area contributed by atoms with Gasteiger partial charge in [0.15, 0.2) is 0 Å². The second-order valence-corrected chi connectivity index (χ2v) is 11.3. The van der Waals surface area contributed by atoms with E-state index in [1.807, 2.05) is 42.5 Å². The predicted octanol–water partition coefficient (Wildman–Crippen LogP) is 4.67. The molecule has 3 rings (SSSR count). The third kappa shape index (κ3) is 8.31. The van der Waals surface area contributed by atoms with Gasteiger partial charge in [-0.2, -0.15) is 0 Å². The molecule has 2 heterocycles. The quantitative estimate of drug-likeness (QED) is 0.271. The molecule has 1 unspecified atom stereocenters. The average molecular weight is 477 g/mol. The highest BCUT2D eigenvalue weighted by atomic mass is 32.2. The van der Waals surface area contributed by atoms with Crippen LogP contribution in [-0.2, 0) is 33.7 Å². The zero-order valence-electron chi connectivity index (χ0n) is 17.4. The molecule has 0 saturated heterocycles. The molecule has 31 heavy (non-hydrogen) atoms. The topological polar surface area (TPSA) is 66.5 Å². The summed E-state index contributed by atoms with van der Waals surface area (Å²) in [6.07, 6.45) is 3.22. The van der Waals surface area contributed by atoms with Crippen molar-refractivity contribution in [3.05, 3.63) is 80.7 Å². The van der Waals surface area contributed by atoms with Crippen LogP contribution < -0.4 is 4.72 Å². The molecule has 1 aromatic carbocycles. The van der Waals surface area contributed by atoms with E-state index >= 15 is 0 Å². The minimum atomic E-state index is -3.35. The summed E-state index contributed by atoms with van der Waals surface area (Å²) in [6, 6.07) is 17.2. The molecule has 2 aromatic heterocycles. The molecule has 0 aliphatic heterocycles. The lowest BCUT2D eigenvalue weighted by Gasteiger charge is -2.27. The normalized spacial score (nSPS) is 12.8. The molecule has 0 radical (unpaired) electrons. The molecule has 1 atom stereocenters. The van der Waals surface area contributed by atoms with E-state index in [0.29, 0.717) is 19.4 Å². The summed E-state index contributed by atoms with van der Waals surface area (Å²) < 4.78 is 27.2. The molecule has 5 nitrogen and oxygen atoms in total. The molecule has 1 N–H and O–H groups in total. The minimum Gasteiger partial charge on any atom is -0.302 e. The number of unbranched alkanes of at least 4 members (excludes halogenated alkanes) is 1. The molecule has 0 amide bonds. The Kier molecular flexibility index (Phi) is 9.42. The predicted molar refractivity (Wildman–Crippen MR) is 129 cm³/mol. The minimum absolute atomic E-state index is 0.0137. The molecule has 0 fully saturated rings. The molecule has 166 valence electrons. The lowest BCUT2D eigenvalue weighted by molar-refractivity contribution is -0.113. The standard InChI is InChI=1S/C23H28N2O3S3/c26-18-21(25(16-22-11-6-14-29-22)17-23-12-7-15-30-23)10-4-5-13-24-31(27,28)19-20-8-2-1-3-9-20/h1-3,6-9,11-12,14-15,18,21,24H,4-5,10,13,16-17,19H2. The third-order valence-corrected chi connectivity index (χ3v) is 8.03. The number of carbonyl (C=O) groups is 1. The van der Waals surface area contributed by atoms with E-state index in [9.17, 15) is 13.2 Å². The third-order valence-electron chi connectivity index (χ3n) is 4.95. The second-order valence-electron chi connectivity index (χ2n) is 7.40. The summed E-state index contributed by atoms with van der Waals surface area (Å²) in [7, 11) is -3.35. The van der Waals surface area contributed by atoms with Gasteiger partial charge in [-0.3, -0.25) is 4.90 Å². The molecule has 0 aliphatic carbocycles. The van der Waals surface area contributed by atoms with Gasteiger partial charge in [0.1, 0.15) is 6.29 Å². The van der Waals surface area contributed by atoms with Gasteiger partial charge in [-0.05, 0) is 41.3 Å². The van der Waals surface area contributed by atoms with Crippen LogP contribution in [0.2, 0.25) is 0 Å². The SMILES string of the molecule is O=CC(CCCCNS(=O)(=O)Cc1ccccc1)N(Cc1cccs1)Cc1cccs1. The molecule has 0 aliphatic rings. The maximum atomic E-state index is 12.2. The summed E-state index contributed by atoms with van der Waals surface area (Å²) in [6.45, 7) is 1.86. The summed E-state index contributed by atoms with van der Waals surface area (Å²) in [5.41, 5.74) is 0.772. The summed E-state index contributed by atoms with van der Waals surface area (Å²) >= 11 is 3.39. The van der Waals surface area contributed by atoms with Gasteiger partial charge in [-0.15, -0.1) is 22.7 Å². The van der Waals surface area contributed by atoms with Crippen molar-refractivity contribution in [2.45, 2.75) is 44.1 Å². The molecular formula is C23H28N2O3S3. The second kappa shape index (κ2) is 12.3. The molecular weight excluding hydrogens is 448 g/mol. The number of hydrogen-bond donors (Lipinski definition) is 1. The molecule has 8 heteroatoms. The highest BCUT2D eigenvalue weighted by Crippen LogP contribution is 2.21. The van der Waals surface area contributed by atoms with Gasteiger partial charge >= 0.3 is 0 Å². The van der Waals surface area contributed by atoms with Crippen LogP contribution in [0, 0.1) is 0 Å². The van der Waals surface area contributed by atoms with E-state index in [-0.39, 0.29) is 11.8 Å². The fourth-order valence-electron chi connectivity index (χ4n) is 3.38. The Hall–Kier alpha value is -1.84. The Morgan fingerprint density at radius 1 is 0.903 bits per heavy atom. The first-order chi connectivity index (χ1) is 15.1. The van der Waals surface area contributed by atoms with Crippen molar-refractivity contribution in [2.24, 2.45) is 0 Å². The van der Waals surface area contributed by atoms with Crippen LogP contribution in [0.15, 0.2) is 65.4 Å². The van der Waals surface area contributed by atoms with Crippen LogP contribution >= 0.6 is 22.7 Å². The van der Waals surface area contributed by atoms with Crippen LogP contribution in [0.3, 0.4) is 0 Å². The number of rotatable bonds is 14. The number of hydrogen-bond acceptors (Lipinski definition) is 6. The van der Waals surface area contributed by atoms with Gasteiger partial charge in [0.2, 0.25) is 10.0 Å². The highest BCUT2D eigenvalue weighted by Gasteiger charge is 2.19. The Balaban J connectivity index is 1.47. The summed E-state index contributed by atoms with van der Waals surface area (Å²) in [4.78, 5) is 16.6. The first-order valence-electron chi connectivity index (χ1n) is 10.3. The maximum absolute atomic E-state index is 12.2. The molecule has 0 bridgehead atoms. The number of thiophene rings is 2. The van der Waals surface area contributed by atoms with Crippen LogP contribution in [0.5, 0.6) is 0 Å². The van der Waals surface area contributed by atoms with Gasteiger partial charge in [0.25, 0.3) is 0 Å². The lowest BCUT2D eigenvalue weighted by atomic mass is 10.1. The summed E-state index contributed by atoms with van der Waals surface area (Å²) in [5.74, 6) is -0.0137. The van der Waals surface area contributed by atoms with E-state index in [1.165, 1.54) is 9.75 Å². The number of sulfonamides is 1. The van der Waals surface area contributed by atoms with Crippen LogP contribution in [0.4, 0.5) is 0 Å². The van der Waals surface area contributed by atoms with Crippen molar-refractivity contribution in [2.75, 3.05) is 6.54 Å². The largest absolute Gasteiger partial charge is 0.302 e. The first-order valence-corrected chi connectivity index (χ1v) is 13.7.